The van der Waals surface area contributed by atoms with E-state index in [-0.39, 0.29) is 5.97 Å². The molecule has 2 aromatic heterocycles. The fourth-order valence-corrected chi connectivity index (χ4v) is 3.68. The average molecular weight is 443 g/mol. The number of hydrogen-bond donors (Lipinski definition) is 1. The SMILES string of the molecule is CCCCN(Cc1ccc(-c2ccccc2-c2nn[nH]n2)cc1)c1ncccc1OC(C)=O. The van der Waals surface area contributed by atoms with Gasteiger partial charge < -0.3 is 9.64 Å². The summed E-state index contributed by atoms with van der Waals surface area (Å²) in [5, 5.41) is 14.4. The number of esters is 1. The van der Waals surface area contributed by atoms with Gasteiger partial charge in [0.2, 0.25) is 5.82 Å². The van der Waals surface area contributed by atoms with E-state index in [1.807, 2.05) is 24.3 Å². The molecular weight excluding hydrogens is 416 g/mol. The van der Waals surface area contributed by atoms with Gasteiger partial charge in [-0.2, -0.15) is 5.21 Å². The first-order chi connectivity index (χ1) is 16.2. The summed E-state index contributed by atoms with van der Waals surface area (Å²) in [7, 11) is 0. The third-order valence-electron chi connectivity index (χ3n) is 5.24. The number of nitrogens with one attached hydrogen (secondary N) is 1. The summed E-state index contributed by atoms with van der Waals surface area (Å²) in [6, 6.07) is 19.9. The monoisotopic (exact) mass is 442 g/mol. The largest absolute Gasteiger partial charge is 0.423 e. The van der Waals surface area contributed by atoms with Crippen molar-refractivity contribution in [2.24, 2.45) is 0 Å². The number of aromatic nitrogens is 5. The van der Waals surface area contributed by atoms with E-state index in [1.54, 1.807) is 18.3 Å². The quantitative estimate of drug-likeness (QED) is 0.377. The molecule has 33 heavy (non-hydrogen) atoms. The van der Waals surface area contributed by atoms with Crippen LogP contribution in [0.2, 0.25) is 0 Å². The van der Waals surface area contributed by atoms with Gasteiger partial charge in [-0.25, -0.2) is 4.98 Å². The Morgan fingerprint density at radius 1 is 1.03 bits per heavy atom. The molecule has 168 valence electrons. The minimum atomic E-state index is -0.357. The van der Waals surface area contributed by atoms with Crippen molar-refractivity contribution in [2.45, 2.75) is 33.2 Å². The fraction of sp³-hybridized carbons (Fsp3) is 0.240. The van der Waals surface area contributed by atoms with Crippen LogP contribution in [-0.4, -0.2) is 38.1 Å². The molecule has 0 bridgehead atoms. The number of ether oxygens (including phenoxy) is 1. The Morgan fingerprint density at radius 3 is 2.52 bits per heavy atom. The van der Waals surface area contributed by atoms with Crippen LogP contribution in [0.4, 0.5) is 5.82 Å². The first-order valence-electron chi connectivity index (χ1n) is 11.0. The molecule has 8 heteroatoms. The number of nitrogens with zero attached hydrogens (tertiary/aromatic N) is 5. The molecule has 4 aromatic rings. The van der Waals surface area contributed by atoms with Crippen molar-refractivity contribution in [3.8, 4) is 28.3 Å². The van der Waals surface area contributed by atoms with Gasteiger partial charge in [0.1, 0.15) is 0 Å². The molecule has 0 aliphatic carbocycles. The Labute approximate surface area is 192 Å². The van der Waals surface area contributed by atoms with Gasteiger partial charge in [0.25, 0.3) is 0 Å². The molecule has 0 radical (unpaired) electrons. The summed E-state index contributed by atoms with van der Waals surface area (Å²) in [4.78, 5) is 18.2. The van der Waals surface area contributed by atoms with E-state index in [2.05, 4.69) is 61.7 Å². The Balaban J connectivity index is 1.59. The molecule has 2 heterocycles. The summed E-state index contributed by atoms with van der Waals surface area (Å²) in [6.07, 6.45) is 3.78. The van der Waals surface area contributed by atoms with Crippen molar-refractivity contribution in [3.63, 3.8) is 0 Å². The molecule has 0 atom stereocenters. The Hall–Kier alpha value is -4.07. The van der Waals surface area contributed by atoms with E-state index >= 15 is 0 Å². The van der Waals surface area contributed by atoms with Gasteiger partial charge in [0.05, 0.1) is 0 Å². The molecule has 0 saturated heterocycles. The molecule has 0 aliphatic rings. The molecular formula is C25H26N6O2. The number of benzene rings is 2. The first kappa shape index (κ1) is 22.1. The third kappa shape index (κ3) is 5.41. The van der Waals surface area contributed by atoms with Gasteiger partial charge in [-0.15, -0.1) is 10.2 Å². The highest BCUT2D eigenvalue weighted by molar-refractivity contribution is 5.80. The van der Waals surface area contributed by atoms with E-state index in [0.29, 0.717) is 23.9 Å². The minimum absolute atomic E-state index is 0.357. The molecule has 0 saturated carbocycles. The van der Waals surface area contributed by atoms with E-state index in [9.17, 15) is 4.79 Å². The van der Waals surface area contributed by atoms with E-state index in [1.165, 1.54) is 6.92 Å². The Kier molecular flexibility index (Phi) is 7.04. The molecule has 0 aliphatic heterocycles. The number of rotatable bonds is 9. The zero-order chi connectivity index (χ0) is 23.0. The van der Waals surface area contributed by atoms with Crippen molar-refractivity contribution in [1.29, 1.82) is 0 Å². The number of carbonyl (C=O) groups is 1. The third-order valence-corrected chi connectivity index (χ3v) is 5.24. The van der Waals surface area contributed by atoms with Crippen LogP contribution >= 0.6 is 0 Å². The average Bonchev–Trinajstić information content (AvgIpc) is 3.37. The topological polar surface area (TPSA) is 96.9 Å². The first-order valence-corrected chi connectivity index (χ1v) is 11.0. The number of anilines is 1. The molecule has 0 fully saturated rings. The van der Waals surface area contributed by atoms with E-state index in [0.717, 1.165) is 41.6 Å². The second kappa shape index (κ2) is 10.5. The molecule has 4 rings (SSSR count). The van der Waals surface area contributed by atoms with Crippen molar-refractivity contribution in [1.82, 2.24) is 25.6 Å². The van der Waals surface area contributed by atoms with Crippen molar-refractivity contribution < 1.29 is 9.53 Å². The fourth-order valence-electron chi connectivity index (χ4n) is 3.68. The van der Waals surface area contributed by atoms with Crippen LogP contribution in [0.25, 0.3) is 22.5 Å². The van der Waals surface area contributed by atoms with Crippen molar-refractivity contribution in [3.05, 3.63) is 72.4 Å². The second-order valence-electron chi connectivity index (χ2n) is 7.67. The highest BCUT2D eigenvalue weighted by Gasteiger charge is 2.16. The van der Waals surface area contributed by atoms with E-state index in [4.69, 9.17) is 4.74 Å². The Bertz CT molecular complexity index is 1190. The normalized spacial score (nSPS) is 10.7. The number of H-pyrrole nitrogens is 1. The second-order valence-corrected chi connectivity index (χ2v) is 7.67. The number of aromatic amines is 1. The molecule has 0 spiro atoms. The van der Waals surface area contributed by atoms with E-state index < -0.39 is 0 Å². The summed E-state index contributed by atoms with van der Waals surface area (Å²) in [5.74, 6) is 1.36. The number of pyridine rings is 1. The maximum Gasteiger partial charge on any atom is 0.308 e. The van der Waals surface area contributed by atoms with Crippen molar-refractivity contribution in [2.75, 3.05) is 11.4 Å². The molecule has 8 nitrogen and oxygen atoms in total. The summed E-state index contributed by atoms with van der Waals surface area (Å²) in [5.41, 5.74) is 4.15. The number of carbonyl (C=O) groups excluding carboxylic acids is 1. The van der Waals surface area contributed by atoms with Gasteiger partial charge in [-0.05, 0) is 40.5 Å². The van der Waals surface area contributed by atoms with Gasteiger partial charge >= 0.3 is 5.97 Å². The molecule has 0 amide bonds. The number of unbranched alkanes of at least 4 members (excludes halogenated alkanes) is 1. The summed E-state index contributed by atoms with van der Waals surface area (Å²) >= 11 is 0. The zero-order valence-electron chi connectivity index (χ0n) is 18.7. The molecule has 2 aromatic carbocycles. The van der Waals surface area contributed by atoms with Crippen LogP contribution in [0.3, 0.4) is 0 Å². The van der Waals surface area contributed by atoms with Gasteiger partial charge in [-0.3, -0.25) is 4.79 Å². The van der Waals surface area contributed by atoms with Crippen LogP contribution in [0.15, 0.2) is 66.9 Å². The van der Waals surface area contributed by atoms with Crippen molar-refractivity contribution >= 4 is 11.8 Å². The standard InChI is InChI=1S/C25H26N6O2/c1-3-4-16-31(25-23(33-18(2)32)10-7-15-26-25)17-19-11-13-20(14-12-19)21-8-5-6-9-22(21)24-27-29-30-28-24/h5-15H,3-4,16-17H2,1-2H3,(H,27,28,29,30). The van der Waals surface area contributed by atoms with Gasteiger partial charge in [-0.1, -0.05) is 61.9 Å². The zero-order valence-corrected chi connectivity index (χ0v) is 18.7. The van der Waals surface area contributed by atoms with Crippen LogP contribution in [0.5, 0.6) is 5.75 Å². The highest BCUT2D eigenvalue weighted by Crippen LogP contribution is 2.31. The molecule has 0 unspecified atom stereocenters. The number of tetrazole rings is 1. The van der Waals surface area contributed by atoms with Crippen LogP contribution in [0.1, 0.15) is 32.3 Å². The summed E-state index contributed by atoms with van der Waals surface area (Å²) < 4.78 is 5.41. The smallest absolute Gasteiger partial charge is 0.308 e. The lowest BCUT2D eigenvalue weighted by atomic mass is 9.98. The van der Waals surface area contributed by atoms with Gasteiger partial charge in [0.15, 0.2) is 11.6 Å². The predicted molar refractivity (Wildman–Crippen MR) is 127 cm³/mol. The molecule has 1 N–H and O–H groups in total. The Morgan fingerprint density at radius 2 is 1.82 bits per heavy atom. The maximum atomic E-state index is 11.6. The van der Waals surface area contributed by atoms with Crippen LogP contribution in [-0.2, 0) is 11.3 Å². The lowest BCUT2D eigenvalue weighted by molar-refractivity contribution is -0.131. The van der Waals surface area contributed by atoms with Crippen LogP contribution in [0, 0.1) is 0 Å². The van der Waals surface area contributed by atoms with Gasteiger partial charge in [0, 0.05) is 31.8 Å². The maximum absolute atomic E-state index is 11.6. The predicted octanol–water partition coefficient (Wildman–Crippen LogP) is 4.66. The van der Waals surface area contributed by atoms with Crippen LogP contribution < -0.4 is 9.64 Å². The number of hydrogen-bond acceptors (Lipinski definition) is 7. The lowest BCUT2D eigenvalue weighted by Gasteiger charge is -2.25. The summed E-state index contributed by atoms with van der Waals surface area (Å²) in [6.45, 7) is 5.01. The minimum Gasteiger partial charge on any atom is -0.423 e. The highest BCUT2D eigenvalue weighted by atomic mass is 16.5. The lowest BCUT2D eigenvalue weighted by Crippen LogP contribution is -2.25.